The van der Waals surface area contributed by atoms with Gasteiger partial charge in [0.15, 0.2) is 0 Å². The van der Waals surface area contributed by atoms with E-state index in [1.807, 2.05) is 55.6 Å². The molecule has 0 radical (unpaired) electrons. The zero-order chi connectivity index (χ0) is 19.9. The second kappa shape index (κ2) is 9.29. The number of hydrogen-bond donors (Lipinski definition) is 3. The SMILES string of the molecule is CN(c1ccccc1)c1ccc2sc(CC(=O)NCC(=O)NCCO)nc2c1. The van der Waals surface area contributed by atoms with E-state index in [9.17, 15) is 9.59 Å². The van der Waals surface area contributed by atoms with Crippen molar-refractivity contribution in [1.82, 2.24) is 15.6 Å². The highest BCUT2D eigenvalue weighted by molar-refractivity contribution is 7.18. The number of para-hydroxylation sites is 1. The van der Waals surface area contributed by atoms with Gasteiger partial charge >= 0.3 is 0 Å². The van der Waals surface area contributed by atoms with Crippen LogP contribution >= 0.6 is 11.3 Å². The number of anilines is 2. The van der Waals surface area contributed by atoms with Crippen molar-refractivity contribution in [1.29, 1.82) is 0 Å². The molecule has 0 aliphatic rings. The van der Waals surface area contributed by atoms with Crippen LogP contribution in [0.5, 0.6) is 0 Å². The molecule has 3 rings (SSSR count). The zero-order valence-corrected chi connectivity index (χ0v) is 16.3. The highest BCUT2D eigenvalue weighted by Gasteiger charge is 2.12. The van der Waals surface area contributed by atoms with Crippen molar-refractivity contribution in [3.8, 4) is 0 Å². The van der Waals surface area contributed by atoms with Gasteiger partial charge in [-0.3, -0.25) is 9.59 Å². The summed E-state index contributed by atoms with van der Waals surface area (Å²) in [5.41, 5.74) is 2.94. The largest absolute Gasteiger partial charge is 0.395 e. The Morgan fingerprint density at radius 1 is 1.07 bits per heavy atom. The van der Waals surface area contributed by atoms with Crippen molar-refractivity contribution in [2.45, 2.75) is 6.42 Å². The van der Waals surface area contributed by atoms with E-state index in [1.165, 1.54) is 11.3 Å². The molecule has 0 aliphatic heterocycles. The molecule has 3 aromatic rings. The second-order valence-corrected chi connectivity index (χ2v) is 7.30. The van der Waals surface area contributed by atoms with E-state index in [1.54, 1.807) is 0 Å². The summed E-state index contributed by atoms with van der Waals surface area (Å²) < 4.78 is 1.01. The molecule has 0 bridgehead atoms. The molecule has 1 heterocycles. The molecule has 1 aromatic heterocycles. The zero-order valence-electron chi connectivity index (χ0n) is 15.5. The van der Waals surface area contributed by atoms with Crippen LogP contribution in [0, 0.1) is 0 Å². The van der Waals surface area contributed by atoms with Gasteiger partial charge in [-0.2, -0.15) is 0 Å². The third-order valence-corrected chi connectivity index (χ3v) is 5.17. The standard InChI is InChI=1S/C20H22N4O3S/c1-24(14-5-3-2-4-6-14)15-7-8-17-16(11-15)23-20(28-17)12-18(26)22-13-19(27)21-9-10-25/h2-8,11,25H,9-10,12-13H2,1H3,(H,21,27)(H,22,26). The average Bonchev–Trinajstić information content (AvgIpc) is 3.12. The topological polar surface area (TPSA) is 94.6 Å². The summed E-state index contributed by atoms with van der Waals surface area (Å²) in [4.78, 5) is 30.2. The lowest BCUT2D eigenvalue weighted by molar-refractivity contribution is -0.125. The third-order valence-electron chi connectivity index (χ3n) is 4.14. The lowest BCUT2D eigenvalue weighted by Crippen LogP contribution is -2.38. The van der Waals surface area contributed by atoms with Gasteiger partial charge < -0.3 is 20.6 Å². The van der Waals surface area contributed by atoms with Crippen molar-refractivity contribution in [2.75, 3.05) is 31.6 Å². The Bertz CT molecular complexity index is 958. The molecule has 0 atom stereocenters. The number of amides is 2. The number of benzene rings is 2. The second-order valence-electron chi connectivity index (χ2n) is 6.18. The quantitative estimate of drug-likeness (QED) is 0.538. The summed E-state index contributed by atoms with van der Waals surface area (Å²) in [6, 6.07) is 16.1. The predicted molar refractivity (Wildman–Crippen MR) is 111 cm³/mol. The predicted octanol–water partition coefficient (Wildman–Crippen LogP) is 1.83. The first kappa shape index (κ1) is 19.8. The number of aromatic nitrogens is 1. The molecule has 8 heteroatoms. The molecule has 7 nitrogen and oxygen atoms in total. The van der Waals surface area contributed by atoms with Gasteiger partial charge in [0.05, 0.1) is 29.8 Å². The Hall–Kier alpha value is -2.97. The number of aliphatic hydroxyl groups is 1. The Labute approximate surface area is 167 Å². The molecule has 3 N–H and O–H groups in total. The first-order valence-electron chi connectivity index (χ1n) is 8.89. The molecule has 0 unspecified atom stereocenters. The lowest BCUT2D eigenvalue weighted by Gasteiger charge is -2.19. The van der Waals surface area contributed by atoms with Crippen LogP contribution in [0.4, 0.5) is 11.4 Å². The van der Waals surface area contributed by atoms with Crippen LogP contribution in [-0.2, 0) is 16.0 Å². The average molecular weight is 398 g/mol. The number of nitrogens with one attached hydrogen (secondary N) is 2. The Balaban J connectivity index is 1.64. The summed E-state index contributed by atoms with van der Waals surface area (Å²) in [6.07, 6.45) is 0.122. The van der Waals surface area contributed by atoms with Crippen molar-refractivity contribution in [2.24, 2.45) is 0 Å². The van der Waals surface area contributed by atoms with Crippen LogP contribution in [0.1, 0.15) is 5.01 Å². The Morgan fingerprint density at radius 2 is 1.86 bits per heavy atom. The van der Waals surface area contributed by atoms with Crippen LogP contribution in [-0.4, -0.2) is 48.6 Å². The van der Waals surface area contributed by atoms with E-state index in [2.05, 4.69) is 20.5 Å². The maximum absolute atomic E-state index is 12.0. The van der Waals surface area contributed by atoms with Crippen molar-refractivity contribution in [3.63, 3.8) is 0 Å². The minimum atomic E-state index is -0.333. The molecule has 2 aromatic carbocycles. The lowest BCUT2D eigenvalue weighted by atomic mass is 10.2. The molecule has 146 valence electrons. The van der Waals surface area contributed by atoms with E-state index in [0.29, 0.717) is 5.01 Å². The fraction of sp³-hybridized carbons (Fsp3) is 0.250. The third kappa shape index (κ3) is 5.05. The minimum Gasteiger partial charge on any atom is -0.395 e. The molecule has 2 amide bonds. The number of carbonyl (C=O) groups is 2. The molecule has 28 heavy (non-hydrogen) atoms. The number of aliphatic hydroxyl groups excluding tert-OH is 1. The van der Waals surface area contributed by atoms with E-state index >= 15 is 0 Å². The first-order chi connectivity index (χ1) is 13.6. The molecular weight excluding hydrogens is 376 g/mol. The highest BCUT2D eigenvalue weighted by atomic mass is 32.1. The number of carbonyl (C=O) groups excluding carboxylic acids is 2. The van der Waals surface area contributed by atoms with Crippen molar-refractivity contribution < 1.29 is 14.7 Å². The number of hydrogen-bond acceptors (Lipinski definition) is 6. The number of rotatable bonds is 8. The van der Waals surface area contributed by atoms with Gasteiger partial charge in [0.2, 0.25) is 11.8 Å². The van der Waals surface area contributed by atoms with Gasteiger partial charge in [0.25, 0.3) is 0 Å². The first-order valence-corrected chi connectivity index (χ1v) is 9.71. The van der Waals surface area contributed by atoms with Gasteiger partial charge in [-0.05, 0) is 30.3 Å². The normalized spacial score (nSPS) is 10.6. The highest BCUT2D eigenvalue weighted by Crippen LogP contribution is 2.29. The van der Waals surface area contributed by atoms with Crippen molar-refractivity contribution in [3.05, 3.63) is 53.5 Å². The molecule has 0 aliphatic carbocycles. The minimum absolute atomic E-state index is 0.115. The van der Waals surface area contributed by atoms with E-state index in [0.717, 1.165) is 21.6 Å². The monoisotopic (exact) mass is 398 g/mol. The van der Waals surface area contributed by atoms with Crippen LogP contribution in [0.2, 0.25) is 0 Å². The van der Waals surface area contributed by atoms with Crippen LogP contribution in [0.15, 0.2) is 48.5 Å². The molecule has 0 saturated carbocycles. The molecular formula is C20H22N4O3S. The Kier molecular flexibility index (Phi) is 6.57. The fourth-order valence-corrected chi connectivity index (χ4v) is 3.63. The maximum Gasteiger partial charge on any atom is 0.239 e. The molecule has 0 spiro atoms. The van der Waals surface area contributed by atoms with Gasteiger partial charge in [-0.15, -0.1) is 11.3 Å². The number of thiazole rings is 1. The summed E-state index contributed by atoms with van der Waals surface area (Å²) in [7, 11) is 2.00. The summed E-state index contributed by atoms with van der Waals surface area (Å²) >= 11 is 1.47. The smallest absolute Gasteiger partial charge is 0.239 e. The van der Waals surface area contributed by atoms with Crippen LogP contribution in [0.3, 0.4) is 0 Å². The Morgan fingerprint density at radius 3 is 2.61 bits per heavy atom. The van der Waals surface area contributed by atoms with Gasteiger partial charge in [-0.1, -0.05) is 18.2 Å². The maximum atomic E-state index is 12.0. The summed E-state index contributed by atoms with van der Waals surface area (Å²) in [5, 5.41) is 14.4. The fourth-order valence-electron chi connectivity index (χ4n) is 2.68. The van der Waals surface area contributed by atoms with E-state index < -0.39 is 0 Å². The van der Waals surface area contributed by atoms with E-state index in [4.69, 9.17) is 5.11 Å². The van der Waals surface area contributed by atoms with Crippen LogP contribution in [0.25, 0.3) is 10.2 Å². The van der Waals surface area contributed by atoms with Crippen molar-refractivity contribution >= 4 is 44.7 Å². The number of fused-ring (bicyclic) bond motifs is 1. The van der Waals surface area contributed by atoms with Crippen LogP contribution < -0.4 is 15.5 Å². The summed E-state index contributed by atoms with van der Waals surface area (Å²) in [5.74, 6) is -0.597. The van der Waals surface area contributed by atoms with Gasteiger partial charge in [0.1, 0.15) is 5.01 Å². The molecule has 0 fully saturated rings. The molecule has 0 saturated heterocycles. The van der Waals surface area contributed by atoms with E-state index in [-0.39, 0.29) is 37.9 Å². The number of nitrogens with zero attached hydrogens (tertiary/aromatic N) is 2. The summed E-state index contributed by atoms with van der Waals surface area (Å²) in [6.45, 7) is -0.0745. The van der Waals surface area contributed by atoms with Gasteiger partial charge in [0, 0.05) is 25.0 Å². The van der Waals surface area contributed by atoms with Gasteiger partial charge in [-0.25, -0.2) is 4.98 Å².